The van der Waals surface area contributed by atoms with Crippen LogP contribution < -0.4 is 10.7 Å². The van der Waals surface area contributed by atoms with Gasteiger partial charge in [-0.15, -0.1) is 0 Å². The second-order valence-electron chi connectivity index (χ2n) is 8.42. The average Bonchev–Trinajstić information content (AvgIpc) is 2.85. The Balaban J connectivity index is 1.76. The number of hydrogen-bond acceptors (Lipinski definition) is 4. The maximum absolute atomic E-state index is 13.4. The largest absolute Gasteiger partial charge is 0.341 e. The molecular formula is C27H26N4O2. The maximum Gasteiger partial charge on any atom is 0.273 e. The summed E-state index contributed by atoms with van der Waals surface area (Å²) in [6.07, 6.45) is 3.09. The number of fused-ring (bicyclic) bond motifs is 1. The number of hydrogen-bond donors (Lipinski definition) is 1. The number of piperidine rings is 1. The Morgan fingerprint density at radius 1 is 0.909 bits per heavy atom. The third-order valence-corrected chi connectivity index (χ3v) is 6.03. The van der Waals surface area contributed by atoms with E-state index in [0.717, 1.165) is 30.6 Å². The molecule has 3 heterocycles. The second kappa shape index (κ2) is 8.90. The van der Waals surface area contributed by atoms with Crippen molar-refractivity contribution in [3.63, 3.8) is 0 Å². The molecule has 1 aliphatic heterocycles. The van der Waals surface area contributed by atoms with Crippen LogP contribution in [0.3, 0.4) is 0 Å². The van der Waals surface area contributed by atoms with Crippen molar-refractivity contribution in [3.05, 3.63) is 94.4 Å². The van der Waals surface area contributed by atoms with E-state index in [1.54, 1.807) is 6.07 Å². The van der Waals surface area contributed by atoms with Gasteiger partial charge >= 0.3 is 0 Å². The number of likely N-dealkylation sites (tertiary alicyclic amines) is 1. The molecule has 1 N–H and O–H groups in total. The van der Waals surface area contributed by atoms with Gasteiger partial charge in [-0.2, -0.15) is 0 Å². The Morgan fingerprint density at radius 3 is 2.27 bits per heavy atom. The van der Waals surface area contributed by atoms with E-state index in [9.17, 15) is 9.59 Å². The van der Waals surface area contributed by atoms with E-state index in [1.807, 2.05) is 83.1 Å². The summed E-state index contributed by atoms with van der Waals surface area (Å²) in [4.78, 5) is 33.3. The van der Waals surface area contributed by atoms with E-state index in [-0.39, 0.29) is 17.0 Å². The number of rotatable bonds is 4. The Labute approximate surface area is 192 Å². The van der Waals surface area contributed by atoms with Gasteiger partial charge in [0.25, 0.3) is 5.91 Å². The lowest BCUT2D eigenvalue weighted by Gasteiger charge is -2.27. The van der Waals surface area contributed by atoms with Crippen molar-refractivity contribution in [2.45, 2.75) is 26.2 Å². The zero-order valence-electron chi connectivity index (χ0n) is 18.6. The molecule has 33 heavy (non-hydrogen) atoms. The quantitative estimate of drug-likeness (QED) is 0.483. The van der Waals surface area contributed by atoms with Gasteiger partial charge in [-0.05, 0) is 56.5 Å². The number of nitrogens with zero attached hydrogens (tertiary/aromatic N) is 3. The van der Waals surface area contributed by atoms with Crippen molar-refractivity contribution in [1.82, 2.24) is 14.5 Å². The number of pyridine rings is 2. The lowest BCUT2D eigenvalue weighted by molar-refractivity contribution is 0.0720. The van der Waals surface area contributed by atoms with Crippen LogP contribution >= 0.6 is 0 Å². The Morgan fingerprint density at radius 2 is 1.58 bits per heavy atom. The molecule has 1 amide bonds. The summed E-state index contributed by atoms with van der Waals surface area (Å²) in [6, 6.07) is 23.0. The molecule has 6 nitrogen and oxygen atoms in total. The third kappa shape index (κ3) is 4.12. The van der Waals surface area contributed by atoms with Crippen LogP contribution in [-0.4, -0.2) is 33.4 Å². The van der Waals surface area contributed by atoms with Gasteiger partial charge in [0.1, 0.15) is 11.5 Å². The average molecular weight is 439 g/mol. The van der Waals surface area contributed by atoms with Crippen LogP contribution in [0.1, 0.15) is 35.4 Å². The van der Waals surface area contributed by atoms with E-state index < -0.39 is 0 Å². The fourth-order valence-corrected chi connectivity index (χ4v) is 4.48. The first kappa shape index (κ1) is 20.9. The van der Waals surface area contributed by atoms with Crippen LogP contribution in [-0.2, 0) is 0 Å². The molecule has 4 aromatic rings. The van der Waals surface area contributed by atoms with Crippen molar-refractivity contribution < 1.29 is 4.79 Å². The van der Waals surface area contributed by atoms with Gasteiger partial charge in [0.05, 0.1) is 10.9 Å². The zero-order chi connectivity index (χ0) is 22.8. The number of nitrogens with one attached hydrogen (secondary N) is 1. The van der Waals surface area contributed by atoms with Crippen molar-refractivity contribution in [1.29, 1.82) is 0 Å². The van der Waals surface area contributed by atoms with Crippen molar-refractivity contribution in [3.8, 4) is 5.69 Å². The number of aryl methyl sites for hydroxylation is 1. The molecule has 5 rings (SSSR count). The minimum absolute atomic E-state index is 0.163. The molecule has 2 aromatic heterocycles. The number of carbonyl (C=O) groups is 1. The first-order chi connectivity index (χ1) is 16.1. The molecule has 0 spiro atoms. The van der Waals surface area contributed by atoms with Gasteiger partial charge in [-0.3, -0.25) is 14.2 Å². The molecule has 0 aliphatic carbocycles. The first-order valence-electron chi connectivity index (χ1n) is 11.4. The van der Waals surface area contributed by atoms with Gasteiger partial charge in [0.2, 0.25) is 0 Å². The molecule has 1 aliphatic rings. The van der Waals surface area contributed by atoms with Gasteiger partial charge in [0, 0.05) is 36.2 Å². The summed E-state index contributed by atoms with van der Waals surface area (Å²) in [6.45, 7) is 3.27. The van der Waals surface area contributed by atoms with E-state index in [2.05, 4.69) is 10.3 Å². The minimum atomic E-state index is -0.219. The number of para-hydroxylation sites is 2. The van der Waals surface area contributed by atoms with Crippen LogP contribution in [0.4, 0.5) is 11.5 Å². The molecule has 0 bridgehead atoms. The normalized spacial score (nSPS) is 13.8. The lowest BCUT2D eigenvalue weighted by Crippen LogP contribution is -2.36. The summed E-state index contributed by atoms with van der Waals surface area (Å²) >= 11 is 0. The van der Waals surface area contributed by atoms with Gasteiger partial charge in [-0.1, -0.05) is 36.4 Å². The Bertz CT molecular complexity index is 1360. The maximum atomic E-state index is 13.4. The second-order valence-corrected chi connectivity index (χ2v) is 8.42. The molecule has 1 fully saturated rings. The SMILES string of the molecule is Cc1cc2c(c(C(=O)N3CCCCC3)n1)c(=O)cc(Nc1ccccc1)n2-c1ccccc1. The topological polar surface area (TPSA) is 67.2 Å². The van der Waals surface area contributed by atoms with Gasteiger partial charge in [-0.25, -0.2) is 4.98 Å². The number of carbonyl (C=O) groups excluding carboxylic acids is 1. The molecule has 166 valence electrons. The molecular weight excluding hydrogens is 412 g/mol. The molecule has 0 unspecified atom stereocenters. The van der Waals surface area contributed by atoms with Crippen molar-refractivity contribution in [2.75, 3.05) is 18.4 Å². The molecule has 0 radical (unpaired) electrons. The predicted octanol–water partition coefficient (Wildman–Crippen LogP) is 5.06. The number of amides is 1. The lowest BCUT2D eigenvalue weighted by atomic mass is 10.1. The van der Waals surface area contributed by atoms with Crippen LogP contribution in [0.2, 0.25) is 0 Å². The highest BCUT2D eigenvalue weighted by Gasteiger charge is 2.25. The fourth-order valence-electron chi connectivity index (χ4n) is 4.48. The Hall–Kier alpha value is -3.93. The van der Waals surface area contributed by atoms with Crippen molar-refractivity contribution >= 4 is 28.3 Å². The summed E-state index contributed by atoms with van der Waals surface area (Å²) in [5.74, 6) is 0.468. The molecule has 1 saturated heterocycles. The van der Waals surface area contributed by atoms with Gasteiger partial charge in [0.15, 0.2) is 5.43 Å². The third-order valence-electron chi connectivity index (χ3n) is 6.03. The number of aromatic nitrogens is 2. The van der Waals surface area contributed by atoms with Crippen molar-refractivity contribution in [2.24, 2.45) is 0 Å². The van der Waals surface area contributed by atoms with Crippen LogP contribution in [0.5, 0.6) is 0 Å². The number of anilines is 2. The van der Waals surface area contributed by atoms with Crippen LogP contribution in [0.25, 0.3) is 16.6 Å². The van der Waals surface area contributed by atoms with E-state index in [4.69, 9.17) is 0 Å². The highest BCUT2D eigenvalue weighted by Crippen LogP contribution is 2.27. The Kier molecular flexibility index (Phi) is 5.65. The monoisotopic (exact) mass is 438 g/mol. The predicted molar refractivity (Wildman–Crippen MR) is 132 cm³/mol. The van der Waals surface area contributed by atoms with Crippen LogP contribution in [0, 0.1) is 6.92 Å². The molecule has 2 aromatic carbocycles. The van der Waals surface area contributed by atoms with E-state index >= 15 is 0 Å². The summed E-state index contributed by atoms with van der Waals surface area (Å²) in [7, 11) is 0. The van der Waals surface area contributed by atoms with E-state index in [0.29, 0.717) is 35.5 Å². The smallest absolute Gasteiger partial charge is 0.273 e. The fraction of sp³-hybridized carbons (Fsp3) is 0.222. The summed E-state index contributed by atoms with van der Waals surface area (Å²) in [5.41, 5.74) is 3.15. The summed E-state index contributed by atoms with van der Waals surface area (Å²) in [5, 5.41) is 3.74. The highest BCUT2D eigenvalue weighted by atomic mass is 16.2. The van der Waals surface area contributed by atoms with Crippen LogP contribution in [0.15, 0.2) is 77.6 Å². The number of benzene rings is 2. The molecule has 0 saturated carbocycles. The summed E-state index contributed by atoms with van der Waals surface area (Å²) < 4.78 is 1.99. The standard InChI is InChI=1S/C27H26N4O2/c1-19-17-22-25(26(28-19)27(33)30-15-9-4-10-16-30)23(32)18-24(29-20-11-5-2-6-12-20)31(22)21-13-7-3-8-14-21/h2-3,5-8,11-14,17-18,29H,4,9-10,15-16H2,1H3. The molecule has 0 atom stereocenters. The zero-order valence-corrected chi connectivity index (χ0v) is 18.6. The van der Waals surface area contributed by atoms with E-state index in [1.165, 1.54) is 0 Å². The highest BCUT2D eigenvalue weighted by molar-refractivity contribution is 6.05. The minimum Gasteiger partial charge on any atom is -0.341 e. The first-order valence-corrected chi connectivity index (χ1v) is 11.4. The molecule has 6 heteroatoms. The van der Waals surface area contributed by atoms with Gasteiger partial charge < -0.3 is 10.2 Å².